The number of rotatable bonds is 22. The highest BCUT2D eigenvalue weighted by atomic mass is 16.6. The Morgan fingerprint density at radius 3 is 1.27 bits per heavy atom. The van der Waals surface area contributed by atoms with Crippen LogP contribution in [0.5, 0.6) is 0 Å². The van der Waals surface area contributed by atoms with Crippen LogP contribution in [-0.4, -0.2) is 149 Å². The fourth-order valence-electron chi connectivity index (χ4n) is 6.00. The molecule has 0 heterocycles. The molecule has 16 nitrogen and oxygen atoms in total. The van der Waals surface area contributed by atoms with Gasteiger partial charge in [-0.3, -0.25) is 43.5 Å². The topological polar surface area (TPSA) is 187 Å². The molecular weight excluding hydrogens is 801 g/mol. The Balaban J connectivity index is 3.61. The molecule has 0 aliphatic heterocycles. The second-order valence-electron chi connectivity index (χ2n) is 20.6. The van der Waals surface area contributed by atoms with E-state index < -0.39 is 64.0 Å². The molecule has 0 fully saturated rings. The highest BCUT2D eigenvalue weighted by Crippen LogP contribution is 2.18. The minimum Gasteiger partial charge on any atom is -0.459 e. The summed E-state index contributed by atoms with van der Waals surface area (Å²) in [5, 5.41) is 2.48. The Labute approximate surface area is 370 Å². The number of hydrogen-bond acceptors (Lipinski definition) is 15. The molecule has 62 heavy (non-hydrogen) atoms. The predicted molar refractivity (Wildman–Crippen MR) is 235 cm³/mol. The molecule has 0 bridgehead atoms. The number of esters is 4. The van der Waals surface area contributed by atoms with Crippen molar-refractivity contribution >= 4 is 41.5 Å². The van der Waals surface area contributed by atoms with Gasteiger partial charge in [-0.25, -0.2) is 4.79 Å². The van der Waals surface area contributed by atoms with E-state index in [1.165, 1.54) is 6.92 Å². The van der Waals surface area contributed by atoms with Gasteiger partial charge in [0.25, 0.3) is 0 Å². The van der Waals surface area contributed by atoms with Crippen LogP contribution in [0.2, 0.25) is 0 Å². The van der Waals surface area contributed by atoms with Gasteiger partial charge < -0.3 is 29.0 Å². The highest BCUT2D eigenvalue weighted by Gasteiger charge is 2.31. The summed E-state index contributed by atoms with van der Waals surface area (Å²) < 4.78 is 27.7. The van der Waals surface area contributed by atoms with Crippen LogP contribution in [0.3, 0.4) is 0 Å². The molecule has 0 saturated carbocycles. The number of alkyl carbamates (subject to hydrolysis) is 1. The van der Waals surface area contributed by atoms with Crippen molar-refractivity contribution in [3.05, 3.63) is 35.4 Å². The molecule has 1 N–H and O–H groups in total. The first-order chi connectivity index (χ1) is 28.1. The Kier molecular flexibility index (Phi) is 21.4. The minimum absolute atomic E-state index is 0.0195. The Morgan fingerprint density at radius 1 is 0.516 bits per heavy atom. The molecule has 0 unspecified atom stereocenters. The van der Waals surface area contributed by atoms with Gasteiger partial charge in [0.1, 0.15) is 33.8 Å². The van der Waals surface area contributed by atoms with Crippen molar-refractivity contribution in [1.29, 1.82) is 0 Å². The lowest BCUT2D eigenvalue weighted by Crippen LogP contribution is -2.52. The van der Waals surface area contributed by atoms with Gasteiger partial charge >= 0.3 is 30.0 Å². The number of carbonyl (C=O) groups excluding carboxylic acids is 7. The van der Waals surface area contributed by atoms with E-state index in [4.69, 9.17) is 23.7 Å². The van der Waals surface area contributed by atoms with Crippen LogP contribution in [0.1, 0.15) is 122 Å². The number of hydrogen-bond donors (Lipinski definition) is 1. The molecule has 1 atom stereocenters. The fourth-order valence-corrected chi connectivity index (χ4v) is 6.00. The largest absolute Gasteiger partial charge is 0.459 e. The number of carbonyl (C=O) groups is 7. The predicted octanol–water partition coefficient (Wildman–Crippen LogP) is 5.10. The van der Waals surface area contributed by atoms with E-state index >= 15 is 0 Å². The average molecular weight is 877 g/mol. The number of Topliss-reactive ketones (excluding diaryl/α,β-unsaturated/α-hetero) is 2. The smallest absolute Gasteiger partial charge is 0.408 e. The van der Waals surface area contributed by atoms with Crippen molar-refractivity contribution < 1.29 is 57.2 Å². The molecule has 16 heteroatoms. The van der Waals surface area contributed by atoms with Crippen LogP contribution in [0.15, 0.2) is 24.3 Å². The van der Waals surface area contributed by atoms with Crippen LogP contribution < -0.4 is 5.32 Å². The number of ether oxygens (including phenoxy) is 5. The van der Waals surface area contributed by atoms with Gasteiger partial charge in [0.15, 0.2) is 5.78 Å². The standard InChI is InChI=1S/C46H76N4O12/c1-32(51)26-48(21-22-49(28-37(53)58-42(2,3)4)29-38(54)59-43(5,6)7)27-35(50(30-39(55)60-44(8,9)10)31-40(56)61-45(11,12)13)23-33-17-19-34(20-18-33)24-36(52)25-47-41(57)62-46(14,15)16/h17-20,35H,21-31H2,1-16H3,(H,47,57)/t35-/m1/s1. The minimum atomic E-state index is -0.813. The summed E-state index contributed by atoms with van der Waals surface area (Å²) in [5.74, 6) is -2.60. The van der Waals surface area contributed by atoms with Gasteiger partial charge in [0.2, 0.25) is 0 Å². The molecule has 0 aliphatic carbocycles. The van der Waals surface area contributed by atoms with Crippen LogP contribution in [0.4, 0.5) is 4.79 Å². The van der Waals surface area contributed by atoms with Crippen molar-refractivity contribution in [2.24, 2.45) is 0 Å². The summed E-state index contributed by atoms with van der Waals surface area (Å²) in [7, 11) is 0. The van der Waals surface area contributed by atoms with E-state index in [1.54, 1.807) is 126 Å². The van der Waals surface area contributed by atoms with Gasteiger partial charge in [-0.05, 0) is 128 Å². The van der Waals surface area contributed by atoms with E-state index in [2.05, 4.69) is 5.32 Å². The number of amides is 1. The van der Waals surface area contributed by atoms with Gasteiger partial charge in [-0.15, -0.1) is 0 Å². The van der Waals surface area contributed by atoms with Crippen molar-refractivity contribution in [2.45, 2.75) is 158 Å². The summed E-state index contributed by atoms with van der Waals surface area (Å²) in [4.78, 5) is 95.6. The average Bonchev–Trinajstić information content (AvgIpc) is 3.01. The van der Waals surface area contributed by atoms with Crippen LogP contribution in [0.25, 0.3) is 0 Å². The maximum atomic E-state index is 13.4. The quantitative estimate of drug-likeness (QED) is 0.120. The lowest BCUT2D eigenvalue weighted by molar-refractivity contribution is -0.162. The number of nitrogens with zero attached hydrogens (tertiary/aromatic N) is 3. The van der Waals surface area contributed by atoms with Crippen LogP contribution >= 0.6 is 0 Å². The Bertz CT molecular complexity index is 1600. The number of ketones is 2. The summed E-state index contributed by atoms with van der Waals surface area (Å²) in [6.45, 7) is 26.9. The number of nitrogens with one attached hydrogen (secondary N) is 1. The van der Waals surface area contributed by atoms with E-state index in [9.17, 15) is 33.6 Å². The monoisotopic (exact) mass is 877 g/mol. The third-order valence-electron chi connectivity index (χ3n) is 7.94. The zero-order chi connectivity index (χ0) is 47.9. The van der Waals surface area contributed by atoms with Gasteiger partial charge in [0.05, 0.1) is 39.3 Å². The van der Waals surface area contributed by atoms with Gasteiger partial charge in [-0.1, -0.05) is 24.3 Å². The van der Waals surface area contributed by atoms with Crippen LogP contribution in [0, 0.1) is 0 Å². The lowest BCUT2D eigenvalue weighted by Gasteiger charge is -2.36. The molecule has 0 aliphatic rings. The first-order valence-electron chi connectivity index (χ1n) is 21.2. The zero-order valence-corrected chi connectivity index (χ0v) is 40.4. The first kappa shape index (κ1) is 55.6. The first-order valence-corrected chi connectivity index (χ1v) is 21.2. The van der Waals surface area contributed by atoms with E-state index in [0.29, 0.717) is 5.56 Å². The van der Waals surface area contributed by atoms with E-state index in [-0.39, 0.29) is 83.3 Å². The highest BCUT2D eigenvalue weighted by molar-refractivity contribution is 5.85. The Hall–Kier alpha value is -4.41. The second-order valence-corrected chi connectivity index (χ2v) is 20.6. The molecule has 1 amide bonds. The number of benzene rings is 1. The molecule has 1 aromatic carbocycles. The summed E-state index contributed by atoms with van der Waals surface area (Å²) >= 11 is 0. The van der Waals surface area contributed by atoms with E-state index in [0.717, 1.165) is 5.56 Å². The third-order valence-corrected chi connectivity index (χ3v) is 7.94. The molecular formula is C46H76N4O12. The fraction of sp³-hybridized carbons (Fsp3) is 0.717. The molecule has 352 valence electrons. The van der Waals surface area contributed by atoms with Crippen molar-refractivity contribution in [2.75, 3.05) is 58.9 Å². The molecule has 1 rings (SSSR count). The molecule has 0 radical (unpaired) electrons. The molecule has 1 aromatic rings. The molecule has 0 spiro atoms. The maximum absolute atomic E-state index is 13.4. The summed E-state index contributed by atoms with van der Waals surface area (Å²) in [5.41, 5.74) is -2.35. The normalized spacial score (nSPS) is 13.1. The second kappa shape index (κ2) is 23.9. The SMILES string of the molecule is CC(=O)CN(CCN(CC(=O)OC(C)(C)C)CC(=O)OC(C)(C)C)C[C@@H](Cc1ccc(CC(=O)CNC(=O)OC(C)(C)C)cc1)N(CC(=O)OC(C)(C)C)CC(=O)OC(C)(C)C. The van der Waals surface area contributed by atoms with Crippen LogP contribution in [-0.2, 0) is 65.3 Å². The molecule has 0 saturated heterocycles. The van der Waals surface area contributed by atoms with Crippen molar-refractivity contribution in [3.8, 4) is 0 Å². The van der Waals surface area contributed by atoms with E-state index in [1.807, 2.05) is 17.0 Å². The summed E-state index contributed by atoms with van der Waals surface area (Å²) in [6.07, 6.45) is -0.348. The third kappa shape index (κ3) is 28.2. The van der Waals surface area contributed by atoms with Gasteiger partial charge in [0, 0.05) is 32.1 Å². The van der Waals surface area contributed by atoms with Gasteiger partial charge in [-0.2, -0.15) is 0 Å². The lowest BCUT2D eigenvalue weighted by atomic mass is 10.00. The van der Waals surface area contributed by atoms with Crippen molar-refractivity contribution in [3.63, 3.8) is 0 Å². The Morgan fingerprint density at radius 2 is 0.887 bits per heavy atom. The summed E-state index contributed by atoms with van der Waals surface area (Å²) in [6, 6.07) is 6.68. The maximum Gasteiger partial charge on any atom is 0.408 e. The van der Waals surface area contributed by atoms with Crippen molar-refractivity contribution in [1.82, 2.24) is 20.0 Å². The molecule has 0 aromatic heterocycles. The zero-order valence-electron chi connectivity index (χ0n) is 40.4.